The van der Waals surface area contributed by atoms with E-state index >= 15 is 0 Å². The topological polar surface area (TPSA) is 86.6 Å². The zero-order chi connectivity index (χ0) is 10.4. The van der Waals surface area contributed by atoms with Gasteiger partial charge in [-0.2, -0.15) is 0 Å². The smallest absolute Gasteiger partial charge is 0.326 e. The number of rotatable bonds is 5. The highest BCUT2D eigenvalue weighted by molar-refractivity contribution is 5.82. The number of amides is 1. The molecule has 0 saturated heterocycles. The third-order valence-electron chi connectivity index (χ3n) is 1.36. The van der Waals surface area contributed by atoms with Gasteiger partial charge < -0.3 is 15.5 Å². The maximum atomic E-state index is 11.8. The van der Waals surface area contributed by atoms with Crippen molar-refractivity contribution in [1.82, 2.24) is 5.32 Å². The van der Waals surface area contributed by atoms with Crippen LogP contribution in [0.4, 0.5) is 4.39 Å². The normalized spacial score (nSPS) is 14.7. The minimum atomic E-state index is -1.35. The number of hydrogen-bond donors (Lipinski definition) is 3. The van der Waals surface area contributed by atoms with Gasteiger partial charge in [0.15, 0.2) is 0 Å². The van der Waals surface area contributed by atoms with Gasteiger partial charge in [0, 0.05) is 13.3 Å². The highest BCUT2D eigenvalue weighted by Gasteiger charge is 2.21. The summed E-state index contributed by atoms with van der Waals surface area (Å²) in [6.45, 7) is 0.126. The van der Waals surface area contributed by atoms with E-state index in [-0.39, 0.29) is 6.42 Å². The van der Waals surface area contributed by atoms with Crippen molar-refractivity contribution in [3.05, 3.63) is 0 Å². The maximum absolute atomic E-state index is 11.8. The standard InChI is InChI=1S/C7H12FNO4/c1-4(10)9-6(7(12)13)2-5(11)3-8/h5-6,11H,2-3H2,1H3,(H,9,10)(H,12,13). The van der Waals surface area contributed by atoms with Gasteiger partial charge in [0.25, 0.3) is 0 Å². The molecule has 6 heteroatoms. The summed E-state index contributed by atoms with van der Waals surface area (Å²) < 4.78 is 11.8. The Kier molecular flexibility index (Phi) is 4.98. The quantitative estimate of drug-likeness (QED) is 0.538. The third-order valence-corrected chi connectivity index (χ3v) is 1.36. The van der Waals surface area contributed by atoms with Gasteiger partial charge in [0.2, 0.25) is 5.91 Å². The van der Waals surface area contributed by atoms with Crippen LogP contribution in [0.25, 0.3) is 0 Å². The van der Waals surface area contributed by atoms with Crippen molar-refractivity contribution in [3.8, 4) is 0 Å². The number of halogens is 1. The van der Waals surface area contributed by atoms with Gasteiger partial charge in [-0.3, -0.25) is 4.79 Å². The van der Waals surface area contributed by atoms with Crippen LogP contribution in [-0.4, -0.2) is 40.9 Å². The van der Waals surface area contributed by atoms with E-state index in [0.717, 1.165) is 6.92 Å². The van der Waals surface area contributed by atoms with Gasteiger partial charge in [-0.15, -0.1) is 0 Å². The first-order valence-electron chi connectivity index (χ1n) is 3.71. The van der Waals surface area contributed by atoms with E-state index in [0.29, 0.717) is 0 Å². The Bertz CT molecular complexity index is 197. The molecule has 0 aromatic heterocycles. The monoisotopic (exact) mass is 193 g/mol. The largest absolute Gasteiger partial charge is 0.480 e. The highest BCUT2D eigenvalue weighted by atomic mass is 19.1. The Morgan fingerprint density at radius 1 is 1.54 bits per heavy atom. The SMILES string of the molecule is CC(=O)NC(CC(O)CF)C(=O)O. The molecule has 0 spiro atoms. The zero-order valence-corrected chi connectivity index (χ0v) is 7.16. The summed E-state index contributed by atoms with van der Waals surface area (Å²) >= 11 is 0. The minimum Gasteiger partial charge on any atom is -0.480 e. The van der Waals surface area contributed by atoms with Gasteiger partial charge >= 0.3 is 5.97 Å². The first-order valence-corrected chi connectivity index (χ1v) is 3.71. The molecule has 0 saturated carbocycles. The van der Waals surface area contributed by atoms with Crippen molar-refractivity contribution in [1.29, 1.82) is 0 Å². The van der Waals surface area contributed by atoms with Crippen LogP contribution in [0, 0.1) is 0 Å². The second-order valence-electron chi connectivity index (χ2n) is 2.64. The van der Waals surface area contributed by atoms with E-state index in [2.05, 4.69) is 5.32 Å². The van der Waals surface area contributed by atoms with Crippen LogP contribution in [0.3, 0.4) is 0 Å². The van der Waals surface area contributed by atoms with Crippen molar-refractivity contribution in [2.45, 2.75) is 25.5 Å². The van der Waals surface area contributed by atoms with E-state index in [1.165, 1.54) is 0 Å². The number of carboxylic acids is 1. The molecular formula is C7H12FNO4. The molecule has 3 N–H and O–H groups in total. The molecule has 0 rings (SSSR count). The molecule has 0 heterocycles. The lowest BCUT2D eigenvalue weighted by Gasteiger charge is -2.14. The Morgan fingerprint density at radius 3 is 2.38 bits per heavy atom. The lowest BCUT2D eigenvalue weighted by Crippen LogP contribution is -2.42. The molecule has 0 radical (unpaired) electrons. The fourth-order valence-corrected chi connectivity index (χ4v) is 0.802. The molecule has 76 valence electrons. The van der Waals surface area contributed by atoms with E-state index < -0.39 is 30.7 Å². The molecule has 0 bridgehead atoms. The van der Waals surface area contributed by atoms with E-state index in [1.807, 2.05) is 0 Å². The predicted octanol–water partition coefficient (Wildman–Crippen LogP) is -0.704. The minimum absolute atomic E-state index is 0.328. The molecule has 2 atom stereocenters. The van der Waals surface area contributed by atoms with Crippen LogP contribution in [-0.2, 0) is 9.59 Å². The average molecular weight is 193 g/mol. The summed E-state index contributed by atoms with van der Waals surface area (Å²) in [5.74, 6) is -1.82. The van der Waals surface area contributed by atoms with E-state index in [1.54, 1.807) is 0 Å². The summed E-state index contributed by atoms with van der Waals surface area (Å²) in [4.78, 5) is 20.9. The van der Waals surface area contributed by atoms with Crippen molar-refractivity contribution in [2.24, 2.45) is 0 Å². The Morgan fingerprint density at radius 2 is 2.08 bits per heavy atom. The summed E-state index contributed by atoms with van der Waals surface area (Å²) in [6, 6.07) is -1.23. The van der Waals surface area contributed by atoms with Gasteiger partial charge in [-0.05, 0) is 0 Å². The number of aliphatic carboxylic acids is 1. The van der Waals surface area contributed by atoms with Crippen molar-refractivity contribution >= 4 is 11.9 Å². The third kappa shape index (κ3) is 5.13. The lowest BCUT2D eigenvalue weighted by molar-refractivity contribution is -0.142. The first-order chi connectivity index (χ1) is 5.97. The molecule has 0 aliphatic carbocycles. The first kappa shape index (κ1) is 11.8. The molecule has 2 unspecified atom stereocenters. The molecule has 0 aliphatic heterocycles. The number of carbonyl (C=O) groups excluding carboxylic acids is 1. The molecule has 0 aromatic carbocycles. The summed E-state index contributed by atoms with van der Waals surface area (Å²) in [5, 5.41) is 19.4. The fraction of sp³-hybridized carbons (Fsp3) is 0.714. The number of aliphatic hydroxyl groups is 1. The highest BCUT2D eigenvalue weighted by Crippen LogP contribution is 1.99. The molecule has 0 aromatic rings. The van der Waals surface area contributed by atoms with Crippen LogP contribution in [0.15, 0.2) is 0 Å². The van der Waals surface area contributed by atoms with Crippen LogP contribution in [0.1, 0.15) is 13.3 Å². The summed E-state index contributed by atoms with van der Waals surface area (Å²) in [6.07, 6.45) is -1.68. The molecule has 0 fully saturated rings. The molecule has 13 heavy (non-hydrogen) atoms. The predicted molar refractivity (Wildman–Crippen MR) is 41.8 cm³/mol. The summed E-state index contributed by atoms with van der Waals surface area (Å²) in [7, 11) is 0. The van der Waals surface area contributed by atoms with Gasteiger partial charge in [-0.1, -0.05) is 0 Å². The van der Waals surface area contributed by atoms with Crippen LogP contribution < -0.4 is 5.32 Å². The zero-order valence-electron chi connectivity index (χ0n) is 7.16. The number of hydrogen-bond acceptors (Lipinski definition) is 3. The number of aliphatic hydroxyl groups excluding tert-OH is 1. The van der Waals surface area contributed by atoms with E-state index in [9.17, 15) is 14.0 Å². The molecular weight excluding hydrogens is 181 g/mol. The molecule has 1 amide bonds. The van der Waals surface area contributed by atoms with Crippen molar-refractivity contribution < 1.29 is 24.2 Å². The lowest BCUT2D eigenvalue weighted by atomic mass is 10.1. The second-order valence-corrected chi connectivity index (χ2v) is 2.64. The Balaban J connectivity index is 4.10. The van der Waals surface area contributed by atoms with Crippen molar-refractivity contribution in [2.75, 3.05) is 6.67 Å². The Labute approximate surface area is 74.6 Å². The number of alkyl halides is 1. The van der Waals surface area contributed by atoms with Gasteiger partial charge in [0.1, 0.15) is 12.7 Å². The van der Waals surface area contributed by atoms with Gasteiger partial charge in [0.05, 0.1) is 6.10 Å². The Hall–Kier alpha value is -1.17. The maximum Gasteiger partial charge on any atom is 0.326 e. The van der Waals surface area contributed by atoms with E-state index in [4.69, 9.17) is 10.2 Å². The fourth-order valence-electron chi connectivity index (χ4n) is 0.802. The average Bonchev–Trinajstić information content (AvgIpc) is 2.02. The molecule has 5 nitrogen and oxygen atoms in total. The molecule has 0 aliphatic rings. The van der Waals surface area contributed by atoms with Crippen LogP contribution >= 0.6 is 0 Å². The number of carbonyl (C=O) groups is 2. The van der Waals surface area contributed by atoms with Crippen LogP contribution in [0.2, 0.25) is 0 Å². The van der Waals surface area contributed by atoms with Crippen molar-refractivity contribution in [3.63, 3.8) is 0 Å². The van der Waals surface area contributed by atoms with Crippen LogP contribution in [0.5, 0.6) is 0 Å². The summed E-state index contributed by atoms with van der Waals surface area (Å²) in [5.41, 5.74) is 0. The number of carboxylic acid groups (broad SMARTS) is 1. The second kappa shape index (κ2) is 5.47. The number of nitrogens with one attached hydrogen (secondary N) is 1. The van der Waals surface area contributed by atoms with Gasteiger partial charge in [-0.25, -0.2) is 9.18 Å².